The molecule has 1 unspecified atom stereocenters. The number of ether oxygens (including phenoxy) is 1. The van der Waals surface area contributed by atoms with Gasteiger partial charge >= 0.3 is 0 Å². The van der Waals surface area contributed by atoms with Crippen molar-refractivity contribution in [3.63, 3.8) is 0 Å². The highest BCUT2D eigenvalue weighted by atomic mass is 32.2. The van der Waals surface area contributed by atoms with Gasteiger partial charge in [-0.25, -0.2) is 13.1 Å². The van der Waals surface area contributed by atoms with Crippen LogP contribution in [0.3, 0.4) is 0 Å². The number of rotatable bonds is 7. The molecule has 0 aliphatic heterocycles. The molecule has 24 heavy (non-hydrogen) atoms. The van der Waals surface area contributed by atoms with E-state index < -0.39 is 10.0 Å². The number of hydrogen-bond donors (Lipinski definition) is 2. The molecule has 3 rings (SSSR count). The molecule has 0 aromatic heterocycles. The van der Waals surface area contributed by atoms with E-state index >= 15 is 0 Å². The van der Waals surface area contributed by atoms with Crippen molar-refractivity contribution in [2.45, 2.75) is 30.7 Å². The largest absolute Gasteiger partial charge is 0.457 e. The van der Waals surface area contributed by atoms with Crippen molar-refractivity contribution < 1.29 is 13.2 Å². The number of sulfonamides is 1. The molecule has 0 amide bonds. The van der Waals surface area contributed by atoms with Crippen LogP contribution in [0.25, 0.3) is 0 Å². The van der Waals surface area contributed by atoms with Gasteiger partial charge in [0.05, 0.1) is 4.90 Å². The van der Waals surface area contributed by atoms with Crippen LogP contribution in [0.5, 0.6) is 11.5 Å². The normalized spacial score (nSPS) is 15.9. The molecular formula is C18H22N2O3S. The molecule has 0 saturated heterocycles. The second-order valence-corrected chi connectivity index (χ2v) is 7.90. The Morgan fingerprint density at radius 2 is 1.88 bits per heavy atom. The Morgan fingerprint density at radius 1 is 1.17 bits per heavy atom. The number of nitrogens with one attached hydrogen (secondary N) is 1. The van der Waals surface area contributed by atoms with E-state index in [2.05, 4.69) is 4.72 Å². The van der Waals surface area contributed by atoms with Gasteiger partial charge in [0.25, 0.3) is 0 Å². The van der Waals surface area contributed by atoms with Gasteiger partial charge in [0.2, 0.25) is 10.0 Å². The minimum atomic E-state index is -3.56. The Morgan fingerprint density at radius 3 is 2.46 bits per heavy atom. The van der Waals surface area contributed by atoms with Crippen molar-refractivity contribution in [2.75, 3.05) is 6.54 Å². The van der Waals surface area contributed by atoms with Crippen LogP contribution in [-0.2, 0) is 10.0 Å². The summed E-state index contributed by atoms with van der Waals surface area (Å²) < 4.78 is 33.3. The quantitative estimate of drug-likeness (QED) is 0.808. The molecule has 1 saturated carbocycles. The fraction of sp³-hybridized carbons (Fsp3) is 0.333. The first kappa shape index (κ1) is 17.0. The standard InChI is InChI=1S/C18H22N2O3S/c1-13-3-2-4-16(11-13)23-15-7-9-17(10-8-15)24(21,22)20-18(12-19)14-5-6-14/h2-4,7-11,14,18,20H,5-6,12,19H2,1H3. The lowest BCUT2D eigenvalue weighted by molar-refractivity contribution is 0.481. The Hall–Kier alpha value is -1.89. The third kappa shape index (κ3) is 4.14. The van der Waals surface area contributed by atoms with E-state index in [0.29, 0.717) is 18.2 Å². The average molecular weight is 346 g/mol. The van der Waals surface area contributed by atoms with E-state index in [1.165, 1.54) is 0 Å². The van der Waals surface area contributed by atoms with Gasteiger partial charge in [-0.2, -0.15) is 0 Å². The van der Waals surface area contributed by atoms with Crippen LogP contribution in [0.1, 0.15) is 18.4 Å². The lowest BCUT2D eigenvalue weighted by atomic mass is 10.2. The predicted octanol–water partition coefficient (Wildman–Crippen LogP) is 2.80. The van der Waals surface area contributed by atoms with E-state index in [4.69, 9.17) is 10.5 Å². The second kappa shape index (κ2) is 6.93. The van der Waals surface area contributed by atoms with Gasteiger partial charge in [0.1, 0.15) is 11.5 Å². The molecule has 0 heterocycles. The van der Waals surface area contributed by atoms with Gasteiger partial charge in [-0.3, -0.25) is 0 Å². The van der Waals surface area contributed by atoms with Gasteiger partial charge in [-0.05, 0) is 67.6 Å². The van der Waals surface area contributed by atoms with E-state index in [9.17, 15) is 8.42 Å². The zero-order valence-corrected chi connectivity index (χ0v) is 14.4. The van der Waals surface area contributed by atoms with Gasteiger partial charge in [-0.1, -0.05) is 12.1 Å². The highest BCUT2D eigenvalue weighted by molar-refractivity contribution is 7.89. The zero-order valence-electron chi connectivity index (χ0n) is 13.6. The monoisotopic (exact) mass is 346 g/mol. The second-order valence-electron chi connectivity index (χ2n) is 6.19. The lowest BCUT2D eigenvalue weighted by Crippen LogP contribution is -2.41. The Balaban J connectivity index is 1.71. The zero-order chi connectivity index (χ0) is 17.2. The molecule has 1 fully saturated rings. The number of hydrogen-bond acceptors (Lipinski definition) is 4. The summed E-state index contributed by atoms with van der Waals surface area (Å²) in [5.74, 6) is 1.69. The molecule has 1 aliphatic carbocycles. The molecule has 0 radical (unpaired) electrons. The maximum absolute atomic E-state index is 12.4. The highest BCUT2D eigenvalue weighted by Crippen LogP contribution is 2.33. The summed E-state index contributed by atoms with van der Waals surface area (Å²) in [5, 5.41) is 0. The molecule has 3 N–H and O–H groups in total. The first-order valence-electron chi connectivity index (χ1n) is 8.05. The van der Waals surface area contributed by atoms with E-state index in [-0.39, 0.29) is 10.9 Å². The highest BCUT2D eigenvalue weighted by Gasteiger charge is 2.33. The van der Waals surface area contributed by atoms with Crippen LogP contribution in [0.15, 0.2) is 53.4 Å². The molecule has 2 aromatic rings. The molecule has 1 aliphatic rings. The van der Waals surface area contributed by atoms with Crippen LogP contribution in [0.2, 0.25) is 0 Å². The van der Waals surface area contributed by atoms with Crippen molar-refractivity contribution in [1.82, 2.24) is 4.72 Å². The van der Waals surface area contributed by atoms with Crippen LogP contribution in [0.4, 0.5) is 0 Å². The summed E-state index contributed by atoms with van der Waals surface area (Å²) in [6, 6.07) is 13.9. The Bertz CT molecular complexity index is 799. The van der Waals surface area contributed by atoms with Gasteiger partial charge in [0, 0.05) is 12.6 Å². The van der Waals surface area contributed by atoms with Crippen LogP contribution >= 0.6 is 0 Å². The van der Waals surface area contributed by atoms with Crippen molar-refractivity contribution in [3.05, 3.63) is 54.1 Å². The van der Waals surface area contributed by atoms with Gasteiger partial charge < -0.3 is 10.5 Å². The van der Waals surface area contributed by atoms with Crippen LogP contribution in [-0.4, -0.2) is 21.0 Å². The Kier molecular flexibility index (Phi) is 4.89. The first-order chi connectivity index (χ1) is 11.5. The van der Waals surface area contributed by atoms with Crippen molar-refractivity contribution in [2.24, 2.45) is 11.7 Å². The molecule has 2 aromatic carbocycles. The molecule has 0 bridgehead atoms. The van der Waals surface area contributed by atoms with Crippen molar-refractivity contribution in [3.8, 4) is 11.5 Å². The first-order valence-corrected chi connectivity index (χ1v) is 9.53. The number of benzene rings is 2. The number of nitrogens with two attached hydrogens (primary N) is 1. The fourth-order valence-electron chi connectivity index (χ4n) is 2.60. The summed E-state index contributed by atoms with van der Waals surface area (Å²) >= 11 is 0. The SMILES string of the molecule is Cc1cccc(Oc2ccc(S(=O)(=O)NC(CN)C3CC3)cc2)c1. The lowest BCUT2D eigenvalue weighted by Gasteiger charge is -2.16. The third-order valence-corrected chi connectivity index (χ3v) is 5.62. The molecule has 0 spiro atoms. The maximum atomic E-state index is 12.4. The molecule has 128 valence electrons. The molecule has 6 heteroatoms. The predicted molar refractivity (Wildman–Crippen MR) is 93.6 cm³/mol. The summed E-state index contributed by atoms with van der Waals surface area (Å²) in [6.45, 7) is 2.31. The minimum absolute atomic E-state index is 0.182. The van der Waals surface area contributed by atoms with Gasteiger partial charge in [0.15, 0.2) is 0 Å². The summed E-state index contributed by atoms with van der Waals surface area (Å²) in [4.78, 5) is 0.221. The van der Waals surface area contributed by atoms with E-state index in [1.54, 1.807) is 24.3 Å². The summed E-state index contributed by atoms with van der Waals surface area (Å²) in [6.07, 6.45) is 2.07. The molecule has 1 atom stereocenters. The van der Waals surface area contributed by atoms with Crippen LogP contribution in [0, 0.1) is 12.8 Å². The van der Waals surface area contributed by atoms with Crippen LogP contribution < -0.4 is 15.2 Å². The fourth-order valence-corrected chi connectivity index (χ4v) is 3.92. The average Bonchev–Trinajstić information content (AvgIpc) is 3.38. The topological polar surface area (TPSA) is 81.4 Å². The molecule has 5 nitrogen and oxygen atoms in total. The number of aryl methyl sites for hydroxylation is 1. The minimum Gasteiger partial charge on any atom is -0.457 e. The van der Waals surface area contributed by atoms with Gasteiger partial charge in [-0.15, -0.1) is 0 Å². The van der Waals surface area contributed by atoms with Crippen molar-refractivity contribution in [1.29, 1.82) is 0 Å². The molecular weight excluding hydrogens is 324 g/mol. The summed E-state index contributed by atoms with van der Waals surface area (Å²) in [5.41, 5.74) is 6.77. The van der Waals surface area contributed by atoms with E-state index in [0.717, 1.165) is 24.2 Å². The Labute approximate surface area is 142 Å². The van der Waals surface area contributed by atoms with Crippen molar-refractivity contribution >= 4 is 10.0 Å². The third-order valence-electron chi connectivity index (χ3n) is 4.11. The van der Waals surface area contributed by atoms with E-state index in [1.807, 2.05) is 31.2 Å². The maximum Gasteiger partial charge on any atom is 0.240 e. The summed E-state index contributed by atoms with van der Waals surface area (Å²) in [7, 11) is -3.56. The smallest absolute Gasteiger partial charge is 0.240 e.